The maximum absolute atomic E-state index is 12.4. The Labute approximate surface area is 186 Å². The Bertz CT molecular complexity index is 926. The minimum atomic E-state index is -0.709. The monoisotopic (exact) mass is 475 g/mol. The number of amidine groups is 1. The molecule has 3 aliphatic rings. The van der Waals surface area contributed by atoms with Crippen molar-refractivity contribution in [2.45, 2.75) is 77.2 Å². The lowest BCUT2D eigenvalue weighted by atomic mass is 9.65. The largest absolute Gasteiger partial charge is 0.444 e. The second-order valence-electron chi connectivity index (χ2n) is 9.65. The third-order valence-corrected chi connectivity index (χ3v) is 7.00. The molecule has 1 unspecified atom stereocenters. The number of carbonyl (C=O) groups excluding carboxylic acids is 1. The highest BCUT2D eigenvalue weighted by Gasteiger charge is 2.61. The number of methoxy groups -OCH3 is 1. The molecular formula is C23H30BrN3O3. The van der Waals surface area contributed by atoms with Crippen molar-refractivity contribution in [3.8, 4) is 0 Å². The lowest BCUT2D eigenvalue weighted by Crippen LogP contribution is -2.44. The molecular weight excluding hydrogens is 446 g/mol. The molecule has 0 aromatic heterocycles. The summed E-state index contributed by atoms with van der Waals surface area (Å²) in [4.78, 5) is 22.7. The fourth-order valence-corrected chi connectivity index (χ4v) is 5.51. The third kappa shape index (κ3) is 3.60. The van der Waals surface area contributed by atoms with E-state index in [9.17, 15) is 4.79 Å². The van der Waals surface area contributed by atoms with Gasteiger partial charge in [-0.25, -0.2) is 9.79 Å². The van der Waals surface area contributed by atoms with Crippen LogP contribution in [0.25, 0.3) is 0 Å². The maximum atomic E-state index is 12.4. The molecule has 1 aliphatic heterocycles. The predicted molar refractivity (Wildman–Crippen MR) is 121 cm³/mol. The summed E-state index contributed by atoms with van der Waals surface area (Å²) in [7, 11) is 1.79. The molecule has 2 spiro atoms. The summed E-state index contributed by atoms with van der Waals surface area (Å²) in [5, 5.41) is 2.85. The number of aliphatic imine (C=N–C) groups is 2. The van der Waals surface area contributed by atoms with Gasteiger partial charge in [0.15, 0.2) is 11.5 Å². The number of nitrogens with zero attached hydrogens (tertiary/aromatic N) is 2. The number of hydrogen-bond acceptors (Lipinski definition) is 5. The first-order chi connectivity index (χ1) is 14.1. The number of nitrogens with one attached hydrogen (secondary N) is 1. The average molecular weight is 476 g/mol. The normalized spacial score (nSPS) is 30.3. The summed E-state index contributed by atoms with van der Waals surface area (Å²) in [6, 6.07) is 6.41. The topological polar surface area (TPSA) is 72.3 Å². The van der Waals surface area contributed by atoms with Gasteiger partial charge in [-0.1, -0.05) is 22.0 Å². The van der Waals surface area contributed by atoms with Crippen LogP contribution in [0.15, 0.2) is 32.7 Å². The number of ether oxygens (including phenoxy) is 2. The highest BCUT2D eigenvalue weighted by atomic mass is 79.9. The number of rotatable bonds is 1. The molecule has 6 nitrogen and oxygen atoms in total. The molecule has 1 saturated carbocycles. The molecule has 1 heterocycles. The van der Waals surface area contributed by atoms with Crippen LogP contribution in [0.5, 0.6) is 0 Å². The van der Waals surface area contributed by atoms with Crippen molar-refractivity contribution < 1.29 is 14.3 Å². The first-order valence-electron chi connectivity index (χ1n) is 10.6. The van der Waals surface area contributed by atoms with E-state index in [4.69, 9.17) is 19.5 Å². The van der Waals surface area contributed by atoms with Gasteiger partial charge < -0.3 is 9.47 Å². The Morgan fingerprint density at radius 1 is 1.23 bits per heavy atom. The fourth-order valence-electron chi connectivity index (χ4n) is 5.15. The number of alkyl carbamates (subject to hydrolysis) is 1. The number of carbonyl (C=O) groups is 1. The van der Waals surface area contributed by atoms with Gasteiger partial charge in [0.05, 0.1) is 11.8 Å². The first kappa shape index (κ1) is 21.5. The molecule has 0 radical (unpaired) electrons. The van der Waals surface area contributed by atoms with Gasteiger partial charge in [0.1, 0.15) is 5.60 Å². The highest BCUT2D eigenvalue weighted by Crippen LogP contribution is 2.62. The standard InChI is InChI=1S/C23H30BrN3O3/c1-14-19(25-20(28)30-21(2,3)4)27-23(26-14)18-12-16(24)7-6-15(18)13-22(23)10-8-17(29-5)9-11-22/h6-7,12,17H,8-11,13H2,1-5H3,(H,25,27,28)/t17-,22-,23?. The zero-order valence-electron chi connectivity index (χ0n) is 18.3. The van der Waals surface area contributed by atoms with Crippen molar-refractivity contribution in [3.05, 3.63) is 33.8 Å². The van der Waals surface area contributed by atoms with E-state index in [1.54, 1.807) is 7.11 Å². The minimum absolute atomic E-state index is 0.107. The van der Waals surface area contributed by atoms with Gasteiger partial charge in [-0.2, -0.15) is 0 Å². The average Bonchev–Trinajstić information content (AvgIpc) is 3.10. The minimum Gasteiger partial charge on any atom is -0.444 e. The van der Waals surface area contributed by atoms with Crippen LogP contribution in [-0.2, 0) is 21.6 Å². The van der Waals surface area contributed by atoms with Crippen LogP contribution in [0.4, 0.5) is 4.79 Å². The molecule has 0 bridgehead atoms. The lowest BCUT2D eigenvalue weighted by molar-refractivity contribution is -0.000426. The summed E-state index contributed by atoms with van der Waals surface area (Å²) in [5.41, 5.74) is 1.77. The van der Waals surface area contributed by atoms with Crippen molar-refractivity contribution in [1.29, 1.82) is 0 Å². The van der Waals surface area contributed by atoms with Gasteiger partial charge in [0, 0.05) is 22.6 Å². The van der Waals surface area contributed by atoms with Crippen LogP contribution >= 0.6 is 15.9 Å². The molecule has 1 fully saturated rings. The first-order valence-corrected chi connectivity index (χ1v) is 11.4. The Hall–Kier alpha value is -1.73. The number of benzene rings is 1. The Morgan fingerprint density at radius 3 is 2.57 bits per heavy atom. The van der Waals surface area contributed by atoms with Gasteiger partial charge >= 0.3 is 6.09 Å². The Kier molecular flexibility index (Phi) is 5.34. The quantitative estimate of drug-likeness (QED) is 0.611. The van der Waals surface area contributed by atoms with Gasteiger partial charge in [0.25, 0.3) is 0 Å². The van der Waals surface area contributed by atoms with Crippen LogP contribution in [0.2, 0.25) is 0 Å². The predicted octanol–water partition coefficient (Wildman–Crippen LogP) is 5.13. The van der Waals surface area contributed by atoms with Gasteiger partial charge in [-0.05, 0) is 77.5 Å². The molecule has 0 saturated heterocycles. The molecule has 30 heavy (non-hydrogen) atoms. The molecule has 1 aromatic rings. The summed E-state index contributed by atoms with van der Waals surface area (Å²) >= 11 is 3.63. The fraction of sp³-hybridized carbons (Fsp3) is 0.609. The molecule has 7 heteroatoms. The molecule has 1 amide bonds. The molecule has 1 atom stereocenters. The van der Waals surface area contributed by atoms with E-state index in [0.717, 1.165) is 47.9 Å². The molecule has 2 aliphatic carbocycles. The van der Waals surface area contributed by atoms with E-state index < -0.39 is 17.4 Å². The van der Waals surface area contributed by atoms with Gasteiger partial charge in [-0.15, -0.1) is 0 Å². The van der Waals surface area contributed by atoms with E-state index in [1.165, 1.54) is 5.56 Å². The number of hydrogen-bond donors (Lipinski definition) is 1. The second kappa shape index (κ2) is 7.45. The van der Waals surface area contributed by atoms with Crippen molar-refractivity contribution in [2.75, 3.05) is 7.11 Å². The zero-order chi connectivity index (χ0) is 21.7. The van der Waals surface area contributed by atoms with Gasteiger partial charge in [-0.3, -0.25) is 10.3 Å². The lowest BCUT2D eigenvalue weighted by Gasteiger charge is -2.44. The number of fused-ring (bicyclic) bond motifs is 3. The van der Waals surface area contributed by atoms with Crippen molar-refractivity contribution in [1.82, 2.24) is 5.32 Å². The van der Waals surface area contributed by atoms with Crippen LogP contribution in [0.3, 0.4) is 0 Å². The van der Waals surface area contributed by atoms with E-state index >= 15 is 0 Å². The SMILES string of the molecule is CO[C@H]1CC[C@]2(CC1)Cc1ccc(Br)cc1C21N=C(C)C(NC(=O)OC(C)(C)C)=N1. The maximum Gasteiger partial charge on any atom is 0.413 e. The van der Waals surface area contributed by atoms with Crippen LogP contribution < -0.4 is 5.32 Å². The Balaban J connectivity index is 1.74. The van der Waals surface area contributed by atoms with Crippen molar-refractivity contribution in [3.63, 3.8) is 0 Å². The van der Waals surface area contributed by atoms with Crippen LogP contribution in [0, 0.1) is 5.41 Å². The van der Waals surface area contributed by atoms with Crippen LogP contribution in [-0.4, -0.2) is 36.5 Å². The molecule has 1 N–H and O–H groups in total. The number of amides is 1. The second-order valence-corrected chi connectivity index (χ2v) is 10.6. The van der Waals surface area contributed by atoms with Crippen LogP contribution in [0.1, 0.15) is 64.5 Å². The number of halogens is 1. The molecule has 4 rings (SSSR count). The smallest absolute Gasteiger partial charge is 0.413 e. The van der Waals surface area contributed by atoms with E-state index in [1.807, 2.05) is 27.7 Å². The highest BCUT2D eigenvalue weighted by molar-refractivity contribution is 9.10. The van der Waals surface area contributed by atoms with E-state index in [-0.39, 0.29) is 11.5 Å². The summed E-state index contributed by atoms with van der Waals surface area (Å²) in [5.74, 6) is 0.505. The zero-order valence-corrected chi connectivity index (χ0v) is 19.9. The van der Waals surface area contributed by atoms with E-state index in [0.29, 0.717) is 5.84 Å². The van der Waals surface area contributed by atoms with Crippen molar-refractivity contribution in [2.24, 2.45) is 15.4 Å². The summed E-state index contributed by atoms with van der Waals surface area (Å²) < 4.78 is 12.1. The third-order valence-electron chi connectivity index (χ3n) is 6.50. The summed E-state index contributed by atoms with van der Waals surface area (Å²) in [6.07, 6.45) is 4.68. The molecule has 1 aromatic carbocycles. The Morgan fingerprint density at radius 2 is 1.93 bits per heavy atom. The van der Waals surface area contributed by atoms with E-state index in [2.05, 4.69) is 39.4 Å². The summed E-state index contributed by atoms with van der Waals surface area (Å²) in [6.45, 7) is 7.45. The van der Waals surface area contributed by atoms with Gasteiger partial charge in [0.2, 0.25) is 0 Å². The van der Waals surface area contributed by atoms with Crippen molar-refractivity contribution >= 4 is 33.6 Å². The molecule has 162 valence electrons.